The van der Waals surface area contributed by atoms with Crippen LogP contribution in [-0.4, -0.2) is 29.0 Å². The normalized spacial score (nSPS) is 20.2. The molecule has 1 unspecified atom stereocenters. The summed E-state index contributed by atoms with van der Waals surface area (Å²) in [5, 5.41) is 9.77. The Bertz CT molecular complexity index is 522. The predicted molar refractivity (Wildman–Crippen MR) is 93.5 cm³/mol. The Hall–Kier alpha value is -0.780. The second-order valence-electron chi connectivity index (χ2n) is 6.95. The maximum absolute atomic E-state index is 12.6. The molecule has 3 nitrogen and oxygen atoms in total. The summed E-state index contributed by atoms with van der Waals surface area (Å²) in [5.41, 5.74) is 0.891. The quantitative estimate of drug-likeness (QED) is 0.714. The molecule has 1 amide bonds. The molecule has 1 aromatic rings. The zero-order chi connectivity index (χ0) is 15.6. The molecule has 1 N–H and O–H groups in total. The third kappa shape index (κ3) is 4.11. The van der Waals surface area contributed by atoms with Crippen LogP contribution in [0.2, 0.25) is 0 Å². The molecule has 4 heteroatoms. The van der Waals surface area contributed by atoms with E-state index in [1.165, 1.54) is 6.42 Å². The van der Waals surface area contributed by atoms with E-state index >= 15 is 0 Å². The number of phenolic OH excluding ortho intramolecular Hbond substituents is 1. The van der Waals surface area contributed by atoms with Gasteiger partial charge in [0.2, 0.25) is 0 Å². The van der Waals surface area contributed by atoms with E-state index < -0.39 is 0 Å². The van der Waals surface area contributed by atoms with Gasteiger partial charge >= 0.3 is 0 Å². The summed E-state index contributed by atoms with van der Waals surface area (Å²) in [5.74, 6) is 0.889. The second-order valence-corrected chi connectivity index (χ2v) is 8.11. The Balaban J connectivity index is 2.08. The van der Waals surface area contributed by atoms with Crippen LogP contribution in [0.1, 0.15) is 50.4 Å². The van der Waals surface area contributed by atoms with E-state index in [2.05, 4.69) is 43.4 Å². The summed E-state index contributed by atoms with van der Waals surface area (Å²) in [6.45, 7) is 8.48. The Kier molecular flexibility index (Phi) is 5.17. The molecule has 116 valence electrons. The first kappa shape index (κ1) is 16.6. The summed E-state index contributed by atoms with van der Waals surface area (Å²) in [6.07, 6.45) is 3.31. The average Bonchev–Trinajstić information content (AvgIpc) is 2.66. The molecule has 1 heterocycles. The molecule has 0 aliphatic carbocycles. The molecular weight excluding hydrogens is 377 g/mol. The monoisotopic (exact) mass is 401 g/mol. The van der Waals surface area contributed by atoms with Gasteiger partial charge in [-0.15, -0.1) is 0 Å². The SMILES string of the molecule is CC(C)(C)C1CCCN(C(=O)c2ccc(I)c(O)c2)CC1. The molecule has 0 aromatic heterocycles. The van der Waals surface area contributed by atoms with Gasteiger partial charge in [0.1, 0.15) is 5.75 Å². The largest absolute Gasteiger partial charge is 0.507 e. The number of hydrogen-bond donors (Lipinski definition) is 1. The molecule has 1 aliphatic rings. The highest BCUT2D eigenvalue weighted by Gasteiger charge is 2.28. The van der Waals surface area contributed by atoms with E-state index in [0.29, 0.717) is 16.9 Å². The molecule has 0 saturated carbocycles. The molecule has 1 aliphatic heterocycles. The minimum atomic E-state index is 0.0382. The smallest absolute Gasteiger partial charge is 0.253 e. The van der Waals surface area contributed by atoms with Crippen molar-refractivity contribution < 1.29 is 9.90 Å². The lowest BCUT2D eigenvalue weighted by Gasteiger charge is -2.29. The molecule has 1 aromatic carbocycles. The lowest BCUT2D eigenvalue weighted by atomic mass is 9.77. The van der Waals surface area contributed by atoms with Crippen molar-refractivity contribution in [3.63, 3.8) is 0 Å². The number of amides is 1. The van der Waals surface area contributed by atoms with Gasteiger partial charge in [-0.1, -0.05) is 20.8 Å². The number of aromatic hydroxyl groups is 1. The van der Waals surface area contributed by atoms with Gasteiger partial charge in [0, 0.05) is 18.7 Å². The fourth-order valence-corrected chi connectivity index (χ4v) is 3.33. The third-order valence-electron chi connectivity index (χ3n) is 4.43. The molecular formula is C17H24INO2. The first-order chi connectivity index (χ1) is 9.79. The van der Waals surface area contributed by atoms with Gasteiger partial charge in [-0.3, -0.25) is 4.79 Å². The summed E-state index contributed by atoms with van der Waals surface area (Å²) in [7, 11) is 0. The summed E-state index contributed by atoms with van der Waals surface area (Å²) in [6, 6.07) is 5.17. The van der Waals surface area contributed by atoms with E-state index in [9.17, 15) is 9.90 Å². The Morgan fingerprint density at radius 3 is 2.62 bits per heavy atom. The maximum atomic E-state index is 12.6. The van der Waals surface area contributed by atoms with Crippen molar-refractivity contribution in [2.24, 2.45) is 11.3 Å². The van der Waals surface area contributed by atoms with Crippen molar-refractivity contribution in [1.82, 2.24) is 4.90 Å². The average molecular weight is 401 g/mol. The van der Waals surface area contributed by atoms with Gasteiger partial charge in [-0.2, -0.15) is 0 Å². The lowest BCUT2D eigenvalue weighted by Crippen LogP contribution is -2.32. The number of carbonyl (C=O) groups excluding carboxylic acids is 1. The van der Waals surface area contributed by atoms with Crippen molar-refractivity contribution in [2.45, 2.75) is 40.0 Å². The van der Waals surface area contributed by atoms with Gasteiger partial charge < -0.3 is 10.0 Å². The lowest BCUT2D eigenvalue weighted by molar-refractivity contribution is 0.0755. The van der Waals surface area contributed by atoms with Crippen LogP contribution in [0, 0.1) is 14.9 Å². The van der Waals surface area contributed by atoms with Gasteiger partial charge in [-0.05, 0) is 71.4 Å². The number of carbonyl (C=O) groups is 1. The first-order valence-electron chi connectivity index (χ1n) is 7.57. The third-order valence-corrected chi connectivity index (χ3v) is 5.35. The fraction of sp³-hybridized carbons (Fsp3) is 0.588. The first-order valence-corrected chi connectivity index (χ1v) is 8.64. The number of nitrogens with zero attached hydrogens (tertiary/aromatic N) is 1. The molecule has 0 bridgehead atoms. The van der Waals surface area contributed by atoms with E-state index in [4.69, 9.17) is 0 Å². The van der Waals surface area contributed by atoms with Crippen LogP contribution in [0.4, 0.5) is 0 Å². The molecule has 0 spiro atoms. The fourth-order valence-electron chi connectivity index (χ4n) is 2.99. The Morgan fingerprint density at radius 1 is 1.29 bits per heavy atom. The molecule has 1 atom stereocenters. The number of benzene rings is 1. The van der Waals surface area contributed by atoms with Crippen LogP contribution >= 0.6 is 22.6 Å². The van der Waals surface area contributed by atoms with E-state index in [-0.39, 0.29) is 11.7 Å². The van der Waals surface area contributed by atoms with E-state index in [1.54, 1.807) is 18.2 Å². The van der Waals surface area contributed by atoms with Crippen molar-refractivity contribution in [1.29, 1.82) is 0 Å². The van der Waals surface area contributed by atoms with Crippen LogP contribution in [0.3, 0.4) is 0 Å². The Morgan fingerprint density at radius 2 is 2.00 bits per heavy atom. The van der Waals surface area contributed by atoms with Crippen LogP contribution in [0.15, 0.2) is 18.2 Å². The zero-order valence-electron chi connectivity index (χ0n) is 13.0. The molecule has 1 fully saturated rings. The standard InChI is InChI=1S/C17H24INO2/c1-17(2,3)13-5-4-9-19(10-8-13)16(21)12-6-7-14(18)15(20)11-12/h6-7,11,13,20H,4-5,8-10H2,1-3H3. The topological polar surface area (TPSA) is 40.5 Å². The minimum Gasteiger partial charge on any atom is -0.507 e. The van der Waals surface area contributed by atoms with E-state index in [1.807, 2.05) is 4.90 Å². The van der Waals surface area contributed by atoms with Crippen molar-refractivity contribution in [3.8, 4) is 5.75 Å². The number of halogens is 1. The van der Waals surface area contributed by atoms with Crippen LogP contribution < -0.4 is 0 Å². The summed E-state index contributed by atoms with van der Waals surface area (Å²) < 4.78 is 0.771. The summed E-state index contributed by atoms with van der Waals surface area (Å²) >= 11 is 2.06. The number of likely N-dealkylation sites (tertiary alicyclic amines) is 1. The molecule has 0 radical (unpaired) electrons. The van der Waals surface area contributed by atoms with Gasteiger partial charge in [-0.25, -0.2) is 0 Å². The highest BCUT2D eigenvalue weighted by atomic mass is 127. The van der Waals surface area contributed by atoms with Gasteiger partial charge in [0.15, 0.2) is 0 Å². The number of rotatable bonds is 1. The van der Waals surface area contributed by atoms with Crippen molar-refractivity contribution in [2.75, 3.05) is 13.1 Å². The van der Waals surface area contributed by atoms with Gasteiger partial charge in [0.05, 0.1) is 3.57 Å². The highest BCUT2D eigenvalue weighted by molar-refractivity contribution is 14.1. The van der Waals surface area contributed by atoms with Crippen LogP contribution in [-0.2, 0) is 0 Å². The van der Waals surface area contributed by atoms with Crippen LogP contribution in [0.5, 0.6) is 5.75 Å². The maximum Gasteiger partial charge on any atom is 0.253 e. The van der Waals surface area contributed by atoms with Crippen molar-refractivity contribution >= 4 is 28.5 Å². The number of phenols is 1. The molecule has 21 heavy (non-hydrogen) atoms. The predicted octanol–water partition coefficient (Wildman–Crippen LogP) is 4.29. The number of hydrogen-bond acceptors (Lipinski definition) is 2. The van der Waals surface area contributed by atoms with Crippen LogP contribution in [0.25, 0.3) is 0 Å². The van der Waals surface area contributed by atoms with E-state index in [0.717, 1.165) is 29.5 Å². The minimum absolute atomic E-state index is 0.0382. The Labute approximate surface area is 140 Å². The van der Waals surface area contributed by atoms with Gasteiger partial charge in [0.25, 0.3) is 5.91 Å². The highest BCUT2D eigenvalue weighted by Crippen LogP contribution is 2.34. The zero-order valence-corrected chi connectivity index (χ0v) is 15.2. The molecule has 2 rings (SSSR count). The molecule has 1 saturated heterocycles. The van der Waals surface area contributed by atoms with Crippen molar-refractivity contribution in [3.05, 3.63) is 27.3 Å². The summed E-state index contributed by atoms with van der Waals surface area (Å²) in [4.78, 5) is 14.5. The second kappa shape index (κ2) is 6.55.